The molecule has 1 aromatic heterocycles. The first-order valence-corrected chi connectivity index (χ1v) is 10.3. The summed E-state index contributed by atoms with van der Waals surface area (Å²) in [6.45, 7) is 3.49. The molecule has 0 saturated heterocycles. The van der Waals surface area contributed by atoms with E-state index >= 15 is 0 Å². The zero-order valence-electron chi connectivity index (χ0n) is 15.9. The first-order valence-electron chi connectivity index (χ1n) is 8.78. The number of aryl methyl sites for hydroxylation is 2. The lowest BCUT2D eigenvalue weighted by Crippen LogP contribution is -2.28. The molecule has 10 heteroatoms. The van der Waals surface area contributed by atoms with E-state index < -0.39 is 15.8 Å². The number of H-pyrrole nitrogens is 1. The summed E-state index contributed by atoms with van der Waals surface area (Å²) in [4.78, 5) is 25.9. The number of benzene rings is 2. The van der Waals surface area contributed by atoms with Crippen LogP contribution in [0.3, 0.4) is 0 Å². The first kappa shape index (κ1) is 20.5. The maximum absolute atomic E-state index is 12.5. The number of amides is 1. The van der Waals surface area contributed by atoms with E-state index in [0.29, 0.717) is 16.8 Å². The fourth-order valence-corrected chi connectivity index (χ4v) is 4.05. The van der Waals surface area contributed by atoms with Crippen molar-refractivity contribution in [2.24, 2.45) is 0 Å². The van der Waals surface area contributed by atoms with Gasteiger partial charge in [0.15, 0.2) is 5.82 Å². The number of carbonyl (C=O) groups excluding carboxylic acids is 1. The van der Waals surface area contributed by atoms with Crippen molar-refractivity contribution in [2.45, 2.75) is 25.2 Å². The summed E-state index contributed by atoms with van der Waals surface area (Å²) in [5, 5.41) is 6.27. The van der Waals surface area contributed by atoms with Crippen molar-refractivity contribution in [1.29, 1.82) is 0 Å². The fourth-order valence-electron chi connectivity index (χ4n) is 2.70. The zero-order chi connectivity index (χ0) is 21.0. The second kappa shape index (κ2) is 8.41. The summed E-state index contributed by atoms with van der Waals surface area (Å²) < 4.78 is 31.8. The van der Waals surface area contributed by atoms with Gasteiger partial charge in [-0.2, -0.15) is 0 Å². The fraction of sp³-hybridized carbons (Fsp3) is 0.211. The Bertz CT molecular complexity index is 1200. The van der Waals surface area contributed by atoms with Crippen molar-refractivity contribution < 1.29 is 17.7 Å². The Morgan fingerprint density at radius 1 is 1.17 bits per heavy atom. The Hall–Kier alpha value is -3.24. The van der Waals surface area contributed by atoms with Crippen LogP contribution < -0.4 is 15.8 Å². The summed E-state index contributed by atoms with van der Waals surface area (Å²) in [6.07, 6.45) is -0.0465. The molecule has 0 aliphatic heterocycles. The molecule has 0 radical (unpaired) electrons. The van der Waals surface area contributed by atoms with Gasteiger partial charge in [0.2, 0.25) is 15.9 Å². The van der Waals surface area contributed by atoms with Crippen LogP contribution in [0.1, 0.15) is 17.5 Å². The van der Waals surface area contributed by atoms with Crippen LogP contribution >= 0.6 is 0 Å². The number of aromatic amines is 1. The number of carbonyl (C=O) groups is 1. The topological polar surface area (TPSA) is 134 Å². The van der Waals surface area contributed by atoms with Gasteiger partial charge in [-0.25, -0.2) is 17.9 Å². The number of hydrogen-bond donors (Lipinski definition) is 3. The lowest BCUT2D eigenvalue weighted by Gasteiger charge is -2.10. The summed E-state index contributed by atoms with van der Waals surface area (Å²) in [6, 6.07) is 11.8. The second-order valence-electron chi connectivity index (χ2n) is 6.49. The number of nitrogens with zero attached hydrogens (tertiary/aromatic N) is 1. The monoisotopic (exact) mass is 416 g/mol. The van der Waals surface area contributed by atoms with Gasteiger partial charge in [-0.05, 0) is 43.2 Å². The molecule has 0 fully saturated rings. The molecular formula is C19H20N4O5S. The van der Waals surface area contributed by atoms with E-state index in [1.807, 2.05) is 13.0 Å². The van der Waals surface area contributed by atoms with Crippen LogP contribution in [0.15, 0.2) is 56.7 Å². The lowest BCUT2D eigenvalue weighted by atomic mass is 10.2. The Labute approximate surface area is 167 Å². The molecule has 0 aliphatic rings. The van der Waals surface area contributed by atoms with Crippen molar-refractivity contribution in [2.75, 3.05) is 11.9 Å². The highest BCUT2D eigenvalue weighted by molar-refractivity contribution is 7.89. The van der Waals surface area contributed by atoms with Crippen LogP contribution in [0.25, 0.3) is 11.4 Å². The van der Waals surface area contributed by atoms with Gasteiger partial charge in [-0.1, -0.05) is 29.4 Å². The average molecular weight is 416 g/mol. The molecule has 0 atom stereocenters. The molecule has 3 rings (SSSR count). The van der Waals surface area contributed by atoms with Crippen LogP contribution in [0.5, 0.6) is 0 Å². The standard InChI is InChI=1S/C19H20N4O5S/c1-12-6-7-13(2)16(10-12)29(26,27)20-9-8-17(24)21-15-5-3-4-14(11-15)18-22-19(25)28-23-18/h3-7,10-11,20H,8-9H2,1-2H3,(H,21,24)(H,22,23,25). The van der Waals surface area contributed by atoms with E-state index in [1.165, 1.54) is 0 Å². The molecule has 0 bridgehead atoms. The Kier molecular flexibility index (Phi) is 5.95. The van der Waals surface area contributed by atoms with Gasteiger partial charge in [0.25, 0.3) is 0 Å². The highest BCUT2D eigenvalue weighted by atomic mass is 32.2. The highest BCUT2D eigenvalue weighted by Gasteiger charge is 2.17. The number of anilines is 1. The molecule has 29 heavy (non-hydrogen) atoms. The van der Waals surface area contributed by atoms with E-state index in [-0.39, 0.29) is 29.6 Å². The van der Waals surface area contributed by atoms with E-state index in [1.54, 1.807) is 43.3 Å². The molecule has 0 aliphatic carbocycles. The first-order chi connectivity index (χ1) is 13.7. The third-order valence-corrected chi connectivity index (χ3v) is 5.74. The molecule has 1 amide bonds. The van der Waals surface area contributed by atoms with Crippen LogP contribution in [0.4, 0.5) is 5.69 Å². The van der Waals surface area contributed by atoms with Gasteiger partial charge in [-0.3, -0.25) is 14.3 Å². The largest absolute Gasteiger partial charge is 0.439 e. The van der Waals surface area contributed by atoms with E-state index in [2.05, 4.69) is 24.7 Å². The normalized spacial score (nSPS) is 11.4. The van der Waals surface area contributed by atoms with Gasteiger partial charge in [0.05, 0.1) is 4.90 Å². The second-order valence-corrected chi connectivity index (χ2v) is 8.22. The van der Waals surface area contributed by atoms with Gasteiger partial charge >= 0.3 is 5.76 Å². The molecule has 152 valence electrons. The molecule has 0 unspecified atom stereocenters. The van der Waals surface area contributed by atoms with E-state index in [4.69, 9.17) is 0 Å². The smallest absolute Gasteiger partial charge is 0.326 e. The van der Waals surface area contributed by atoms with E-state index in [0.717, 1.165) is 5.56 Å². The molecule has 3 N–H and O–H groups in total. The number of sulfonamides is 1. The van der Waals surface area contributed by atoms with Gasteiger partial charge < -0.3 is 5.32 Å². The predicted octanol–water partition coefficient (Wildman–Crippen LogP) is 1.95. The molecule has 9 nitrogen and oxygen atoms in total. The van der Waals surface area contributed by atoms with Crippen LogP contribution in [-0.2, 0) is 14.8 Å². The number of nitrogens with one attached hydrogen (secondary N) is 3. The Balaban J connectivity index is 1.59. The number of aromatic nitrogens is 2. The average Bonchev–Trinajstić information content (AvgIpc) is 3.10. The quantitative estimate of drug-likeness (QED) is 0.539. The van der Waals surface area contributed by atoms with Crippen molar-refractivity contribution in [1.82, 2.24) is 14.9 Å². The SMILES string of the molecule is Cc1ccc(C)c(S(=O)(=O)NCCC(=O)Nc2cccc(-c3noc(=O)[nH]3)c2)c1. The summed E-state index contributed by atoms with van der Waals surface area (Å²) in [7, 11) is -3.70. The molecule has 3 aromatic rings. The van der Waals surface area contributed by atoms with E-state index in [9.17, 15) is 18.0 Å². The third-order valence-electron chi connectivity index (χ3n) is 4.14. The molecular weight excluding hydrogens is 396 g/mol. The third kappa shape index (κ3) is 5.18. The number of rotatable bonds is 7. The van der Waals surface area contributed by atoms with Gasteiger partial charge in [0.1, 0.15) is 0 Å². The molecule has 2 aromatic carbocycles. The minimum atomic E-state index is -3.70. The minimum Gasteiger partial charge on any atom is -0.326 e. The van der Waals surface area contributed by atoms with Crippen LogP contribution in [0, 0.1) is 13.8 Å². The zero-order valence-corrected chi connectivity index (χ0v) is 16.7. The van der Waals surface area contributed by atoms with Crippen molar-refractivity contribution in [3.63, 3.8) is 0 Å². The predicted molar refractivity (Wildman–Crippen MR) is 107 cm³/mol. The maximum Gasteiger partial charge on any atom is 0.439 e. The van der Waals surface area contributed by atoms with Crippen molar-refractivity contribution >= 4 is 21.6 Å². The minimum absolute atomic E-state index is 0.0438. The highest BCUT2D eigenvalue weighted by Crippen LogP contribution is 2.19. The summed E-state index contributed by atoms with van der Waals surface area (Å²) in [5.74, 6) is -0.794. The molecule has 0 spiro atoms. The lowest BCUT2D eigenvalue weighted by molar-refractivity contribution is -0.116. The molecule has 1 heterocycles. The van der Waals surface area contributed by atoms with Crippen LogP contribution in [0.2, 0.25) is 0 Å². The summed E-state index contributed by atoms with van der Waals surface area (Å²) >= 11 is 0. The van der Waals surface area contributed by atoms with Crippen molar-refractivity contribution in [3.05, 3.63) is 64.1 Å². The maximum atomic E-state index is 12.5. The Morgan fingerprint density at radius 3 is 2.69 bits per heavy atom. The number of hydrogen-bond acceptors (Lipinski definition) is 6. The van der Waals surface area contributed by atoms with Crippen LogP contribution in [-0.4, -0.2) is 31.0 Å². The molecule has 0 saturated carbocycles. The van der Waals surface area contributed by atoms with Crippen molar-refractivity contribution in [3.8, 4) is 11.4 Å². The summed E-state index contributed by atoms with van der Waals surface area (Å²) in [5.41, 5.74) is 2.51. The van der Waals surface area contributed by atoms with Gasteiger partial charge in [0, 0.05) is 24.2 Å². The van der Waals surface area contributed by atoms with Gasteiger partial charge in [-0.15, -0.1) is 0 Å². The Morgan fingerprint density at radius 2 is 1.97 bits per heavy atom.